The number of aliphatic hydroxyl groups is 1. The minimum Gasteiger partial charge on any atom is -0.392 e. The van der Waals surface area contributed by atoms with Crippen LogP contribution in [-0.2, 0) is 0 Å². The molecule has 2 saturated carbocycles. The molecule has 0 bridgehead atoms. The summed E-state index contributed by atoms with van der Waals surface area (Å²) in [7, 11) is 0. The lowest BCUT2D eigenvalue weighted by Crippen LogP contribution is -2.40. The molecule has 2 heteroatoms. The van der Waals surface area contributed by atoms with E-state index < -0.39 is 0 Å². The van der Waals surface area contributed by atoms with Crippen LogP contribution in [0.2, 0.25) is 0 Å². The van der Waals surface area contributed by atoms with Crippen molar-refractivity contribution in [3.63, 3.8) is 0 Å². The fourth-order valence-corrected chi connectivity index (χ4v) is 3.82. The van der Waals surface area contributed by atoms with Crippen molar-refractivity contribution in [2.75, 3.05) is 13.1 Å². The lowest BCUT2D eigenvalue weighted by molar-refractivity contribution is 0.0755. The van der Waals surface area contributed by atoms with E-state index in [2.05, 4.69) is 4.90 Å². The molecular formula is C14H25NO. The molecular weight excluding hydrogens is 198 g/mol. The molecule has 92 valence electrons. The Morgan fingerprint density at radius 1 is 1.00 bits per heavy atom. The summed E-state index contributed by atoms with van der Waals surface area (Å²) in [5.74, 6) is 1.60. The number of aliphatic hydroxyl groups excluding tert-OH is 1. The van der Waals surface area contributed by atoms with Crippen LogP contribution in [0.1, 0.15) is 51.4 Å². The van der Waals surface area contributed by atoms with Crippen molar-refractivity contribution in [2.24, 2.45) is 11.8 Å². The van der Waals surface area contributed by atoms with Gasteiger partial charge in [-0.05, 0) is 56.9 Å². The van der Waals surface area contributed by atoms with E-state index in [1.165, 1.54) is 57.9 Å². The maximum Gasteiger partial charge on any atom is 0.0695 e. The van der Waals surface area contributed by atoms with Crippen LogP contribution in [0, 0.1) is 11.8 Å². The molecule has 16 heavy (non-hydrogen) atoms. The highest BCUT2D eigenvalue weighted by Gasteiger charge is 2.37. The molecule has 1 N–H and O–H groups in total. The maximum absolute atomic E-state index is 10.1. The molecule has 2 unspecified atom stereocenters. The largest absolute Gasteiger partial charge is 0.392 e. The molecule has 0 spiro atoms. The lowest BCUT2D eigenvalue weighted by Gasteiger charge is -2.31. The van der Waals surface area contributed by atoms with Gasteiger partial charge in [0.1, 0.15) is 0 Å². The predicted octanol–water partition coefficient (Wildman–Crippen LogP) is 2.41. The van der Waals surface area contributed by atoms with E-state index in [9.17, 15) is 5.11 Å². The van der Waals surface area contributed by atoms with Gasteiger partial charge in [0.25, 0.3) is 0 Å². The van der Waals surface area contributed by atoms with E-state index in [0.29, 0.717) is 5.92 Å². The quantitative estimate of drug-likeness (QED) is 0.791. The first-order chi connectivity index (χ1) is 7.84. The standard InChI is InChI=1S/C14H25NO/c16-14(12-7-8-12)10-15-9-3-6-13(15)11-4-1-2-5-11/h11-14,16H,1-10H2. The van der Waals surface area contributed by atoms with Crippen LogP contribution in [0.5, 0.6) is 0 Å². The Morgan fingerprint density at radius 2 is 1.75 bits per heavy atom. The molecule has 1 aliphatic heterocycles. The molecule has 2 nitrogen and oxygen atoms in total. The summed E-state index contributed by atoms with van der Waals surface area (Å²) in [4.78, 5) is 2.61. The molecule has 2 aliphatic carbocycles. The average Bonchev–Trinajstić information content (AvgIpc) is 2.81. The molecule has 3 aliphatic rings. The summed E-state index contributed by atoms with van der Waals surface area (Å²) in [6.07, 6.45) is 11.0. The topological polar surface area (TPSA) is 23.5 Å². The van der Waals surface area contributed by atoms with Crippen LogP contribution >= 0.6 is 0 Å². The van der Waals surface area contributed by atoms with Crippen molar-refractivity contribution in [1.29, 1.82) is 0 Å². The zero-order chi connectivity index (χ0) is 11.0. The van der Waals surface area contributed by atoms with Gasteiger partial charge in [-0.1, -0.05) is 12.8 Å². The van der Waals surface area contributed by atoms with Gasteiger partial charge in [-0.15, -0.1) is 0 Å². The average molecular weight is 223 g/mol. The van der Waals surface area contributed by atoms with E-state index in [1.807, 2.05) is 0 Å². The third kappa shape index (κ3) is 2.28. The number of nitrogens with zero attached hydrogens (tertiary/aromatic N) is 1. The molecule has 3 fully saturated rings. The van der Waals surface area contributed by atoms with Gasteiger partial charge in [0.2, 0.25) is 0 Å². The van der Waals surface area contributed by atoms with Crippen molar-refractivity contribution in [3.8, 4) is 0 Å². The molecule has 1 saturated heterocycles. The van der Waals surface area contributed by atoms with E-state index >= 15 is 0 Å². The fraction of sp³-hybridized carbons (Fsp3) is 1.00. The molecule has 0 aromatic rings. The molecule has 1 heterocycles. The van der Waals surface area contributed by atoms with Crippen LogP contribution in [-0.4, -0.2) is 35.2 Å². The molecule has 2 atom stereocenters. The van der Waals surface area contributed by atoms with Gasteiger partial charge < -0.3 is 5.11 Å². The van der Waals surface area contributed by atoms with E-state index in [4.69, 9.17) is 0 Å². The lowest BCUT2D eigenvalue weighted by atomic mass is 9.96. The van der Waals surface area contributed by atoms with Gasteiger partial charge in [0.05, 0.1) is 6.10 Å². The van der Waals surface area contributed by atoms with Crippen LogP contribution in [0.25, 0.3) is 0 Å². The van der Waals surface area contributed by atoms with Gasteiger partial charge >= 0.3 is 0 Å². The molecule has 0 aromatic carbocycles. The highest BCUT2D eigenvalue weighted by molar-refractivity contribution is 4.91. The van der Waals surface area contributed by atoms with Crippen LogP contribution in [0.3, 0.4) is 0 Å². The smallest absolute Gasteiger partial charge is 0.0695 e. The Kier molecular flexibility index (Phi) is 3.21. The summed E-state index contributed by atoms with van der Waals surface area (Å²) in [6.45, 7) is 2.21. The van der Waals surface area contributed by atoms with Crippen molar-refractivity contribution in [2.45, 2.75) is 63.5 Å². The van der Waals surface area contributed by atoms with Crippen LogP contribution < -0.4 is 0 Å². The Labute approximate surface area is 99.0 Å². The Hall–Kier alpha value is -0.0800. The first kappa shape index (κ1) is 11.0. The number of hydrogen-bond acceptors (Lipinski definition) is 2. The van der Waals surface area contributed by atoms with E-state index in [0.717, 1.165) is 18.5 Å². The highest BCUT2D eigenvalue weighted by atomic mass is 16.3. The molecule has 0 radical (unpaired) electrons. The predicted molar refractivity (Wildman–Crippen MR) is 65.3 cm³/mol. The second-order valence-electron chi connectivity index (χ2n) is 6.15. The van der Waals surface area contributed by atoms with Crippen molar-refractivity contribution >= 4 is 0 Å². The van der Waals surface area contributed by atoms with Crippen molar-refractivity contribution < 1.29 is 5.11 Å². The summed E-state index contributed by atoms with van der Waals surface area (Å²) in [5.41, 5.74) is 0. The summed E-state index contributed by atoms with van der Waals surface area (Å²) < 4.78 is 0. The van der Waals surface area contributed by atoms with Gasteiger partial charge in [0, 0.05) is 12.6 Å². The van der Waals surface area contributed by atoms with Crippen molar-refractivity contribution in [3.05, 3.63) is 0 Å². The van der Waals surface area contributed by atoms with Crippen LogP contribution in [0.4, 0.5) is 0 Å². The maximum atomic E-state index is 10.1. The highest BCUT2D eigenvalue weighted by Crippen LogP contribution is 2.37. The third-order valence-corrected chi connectivity index (χ3v) is 4.95. The molecule has 0 amide bonds. The molecule has 0 aromatic heterocycles. The second kappa shape index (κ2) is 4.66. The van der Waals surface area contributed by atoms with Crippen molar-refractivity contribution in [1.82, 2.24) is 4.90 Å². The first-order valence-electron chi connectivity index (χ1n) is 7.27. The normalized spacial score (nSPS) is 34.7. The Morgan fingerprint density at radius 3 is 2.44 bits per heavy atom. The van der Waals surface area contributed by atoms with Gasteiger partial charge in [-0.25, -0.2) is 0 Å². The Balaban J connectivity index is 1.55. The van der Waals surface area contributed by atoms with Gasteiger partial charge in [-0.3, -0.25) is 4.90 Å². The van der Waals surface area contributed by atoms with E-state index in [-0.39, 0.29) is 6.10 Å². The first-order valence-corrected chi connectivity index (χ1v) is 7.27. The third-order valence-electron chi connectivity index (χ3n) is 4.95. The number of rotatable bonds is 4. The minimum absolute atomic E-state index is 0.0259. The van der Waals surface area contributed by atoms with Gasteiger partial charge in [-0.2, -0.15) is 0 Å². The second-order valence-corrected chi connectivity index (χ2v) is 6.15. The fourth-order valence-electron chi connectivity index (χ4n) is 3.82. The van der Waals surface area contributed by atoms with E-state index in [1.54, 1.807) is 0 Å². The summed E-state index contributed by atoms with van der Waals surface area (Å²) in [5, 5.41) is 10.1. The zero-order valence-electron chi connectivity index (χ0n) is 10.3. The number of likely N-dealkylation sites (tertiary alicyclic amines) is 1. The van der Waals surface area contributed by atoms with Crippen LogP contribution in [0.15, 0.2) is 0 Å². The zero-order valence-corrected chi connectivity index (χ0v) is 10.3. The van der Waals surface area contributed by atoms with Gasteiger partial charge in [0.15, 0.2) is 0 Å². The Bertz CT molecular complexity index is 233. The number of hydrogen-bond donors (Lipinski definition) is 1. The summed E-state index contributed by atoms with van der Waals surface area (Å²) in [6, 6.07) is 0.816. The summed E-state index contributed by atoms with van der Waals surface area (Å²) >= 11 is 0. The number of β-amino-alcohol motifs (C(OH)–C–C–N with tert-alkyl or cyclic N) is 1. The SMILES string of the molecule is OC(CN1CCCC1C1CCCC1)C1CC1. The minimum atomic E-state index is -0.0259. The monoisotopic (exact) mass is 223 g/mol. The molecule has 3 rings (SSSR count).